The second-order valence-electron chi connectivity index (χ2n) is 10.1. The Bertz CT molecular complexity index is 580. The minimum absolute atomic E-state index is 0.0536. The molecule has 0 unspecified atom stereocenters. The van der Waals surface area contributed by atoms with Gasteiger partial charge in [-0.1, -0.05) is 34.6 Å². The lowest BCUT2D eigenvalue weighted by molar-refractivity contribution is -0.194. The van der Waals surface area contributed by atoms with E-state index in [1.165, 1.54) is 13.8 Å². The fourth-order valence-electron chi connectivity index (χ4n) is 3.04. The van der Waals surface area contributed by atoms with Crippen LogP contribution in [0.5, 0.6) is 0 Å². The lowest BCUT2D eigenvalue weighted by atomic mass is 9.95. The van der Waals surface area contributed by atoms with E-state index in [-0.39, 0.29) is 17.6 Å². The summed E-state index contributed by atoms with van der Waals surface area (Å²) >= 11 is 0. The van der Waals surface area contributed by atoms with Crippen LogP contribution in [0.15, 0.2) is 0 Å². The molecule has 0 saturated carbocycles. The number of esters is 2. The number of ether oxygens (including phenoxy) is 4. The molecule has 0 N–H and O–H groups in total. The monoisotopic (exact) mass is 432 g/mol. The first-order chi connectivity index (χ1) is 13.0. The molecule has 0 aromatic carbocycles. The molecule has 1 fully saturated rings. The predicted octanol–water partition coefficient (Wildman–Crippen LogP) is 4.05. The van der Waals surface area contributed by atoms with Crippen LogP contribution in [0.3, 0.4) is 0 Å². The maximum absolute atomic E-state index is 12.0. The average Bonchev–Trinajstić information content (AvgIpc) is 2.86. The zero-order valence-corrected chi connectivity index (χ0v) is 21.0. The molecule has 7 nitrogen and oxygen atoms in total. The number of hydrogen-bond donors (Lipinski definition) is 0. The van der Waals surface area contributed by atoms with Crippen molar-refractivity contribution in [1.29, 1.82) is 0 Å². The van der Waals surface area contributed by atoms with Gasteiger partial charge in [0.2, 0.25) is 0 Å². The Balaban J connectivity index is 3.42. The standard InChI is InChI=1S/C21H40O7Si/c1-13(2)17(25-14(3)22)19(28-29(10,11)20(5,6)7)18(26-15(4)23)16-12-24-21(8,9)27-16/h13,16-19H,12H2,1-11H3/t16-,17-,18+,19+/m0/s1. The number of carbonyl (C=O) groups excluding carboxylic acids is 2. The molecule has 1 heterocycles. The topological polar surface area (TPSA) is 80.3 Å². The van der Waals surface area contributed by atoms with Crippen molar-refractivity contribution in [2.24, 2.45) is 5.92 Å². The van der Waals surface area contributed by atoms with Crippen LogP contribution in [0, 0.1) is 5.92 Å². The van der Waals surface area contributed by atoms with E-state index in [1.807, 2.05) is 27.7 Å². The molecule has 0 aromatic rings. The highest BCUT2D eigenvalue weighted by Crippen LogP contribution is 2.40. The molecule has 0 radical (unpaired) electrons. The van der Waals surface area contributed by atoms with Crippen LogP contribution in [0.2, 0.25) is 18.1 Å². The molecule has 0 aliphatic carbocycles. The SMILES string of the molecule is CC(=O)O[C@@H]([C@H](O[Si](C)(C)C(C)(C)C)[C@@H](OC(C)=O)C(C)C)[C@@H]1COC(C)(C)O1. The Morgan fingerprint density at radius 3 is 1.90 bits per heavy atom. The maximum atomic E-state index is 12.0. The summed E-state index contributed by atoms with van der Waals surface area (Å²) in [6.45, 7) is 21.1. The van der Waals surface area contributed by atoms with Crippen LogP contribution in [-0.2, 0) is 33.0 Å². The minimum Gasteiger partial charge on any atom is -0.459 e. The summed E-state index contributed by atoms with van der Waals surface area (Å²) < 4.78 is 29.9. The lowest BCUT2D eigenvalue weighted by Gasteiger charge is -2.44. The van der Waals surface area contributed by atoms with Gasteiger partial charge in [0.05, 0.1) is 6.61 Å². The Hall–Kier alpha value is -0.963. The largest absolute Gasteiger partial charge is 0.459 e. The summed E-state index contributed by atoms with van der Waals surface area (Å²) in [5.41, 5.74) is 0. The first-order valence-electron chi connectivity index (χ1n) is 10.3. The van der Waals surface area contributed by atoms with Crippen molar-refractivity contribution < 1.29 is 33.0 Å². The summed E-state index contributed by atoms with van der Waals surface area (Å²) in [7, 11) is -2.31. The van der Waals surface area contributed by atoms with Gasteiger partial charge >= 0.3 is 11.9 Å². The number of hydrogen-bond acceptors (Lipinski definition) is 7. The third kappa shape index (κ3) is 7.34. The van der Waals surface area contributed by atoms with E-state index in [4.69, 9.17) is 23.4 Å². The van der Waals surface area contributed by atoms with Gasteiger partial charge in [-0.25, -0.2) is 0 Å². The van der Waals surface area contributed by atoms with Gasteiger partial charge in [-0.05, 0) is 37.9 Å². The molecule has 8 heteroatoms. The summed E-state index contributed by atoms with van der Waals surface area (Å²) in [6.07, 6.45) is -2.57. The molecular weight excluding hydrogens is 392 g/mol. The summed E-state index contributed by atoms with van der Waals surface area (Å²) in [6, 6.07) is 0. The highest BCUT2D eigenvalue weighted by molar-refractivity contribution is 6.74. The van der Waals surface area contributed by atoms with Crippen LogP contribution < -0.4 is 0 Å². The van der Waals surface area contributed by atoms with Crippen molar-refractivity contribution in [3.63, 3.8) is 0 Å². The van der Waals surface area contributed by atoms with E-state index >= 15 is 0 Å². The molecule has 1 aliphatic heterocycles. The Morgan fingerprint density at radius 1 is 1.03 bits per heavy atom. The van der Waals surface area contributed by atoms with Crippen LogP contribution >= 0.6 is 0 Å². The molecule has 1 rings (SSSR count). The Kier molecular flexibility index (Phi) is 8.50. The highest BCUT2D eigenvalue weighted by atomic mass is 28.4. The fourth-order valence-corrected chi connectivity index (χ4v) is 4.34. The Labute approximate surface area is 176 Å². The first kappa shape index (κ1) is 26.1. The van der Waals surface area contributed by atoms with Crippen molar-refractivity contribution in [2.75, 3.05) is 6.61 Å². The van der Waals surface area contributed by atoms with Gasteiger partial charge < -0.3 is 23.4 Å². The van der Waals surface area contributed by atoms with Gasteiger partial charge in [-0.3, -0.25) is 9.59 Å². The third-order valence-corrected chi connectivity index (χ3v) is 10.0. The molecule has 1 aliphatic rings. The lowest BCUT2D eigenvalue weighted by Crippen LogP contribution is -2.57. The van der Waals surface area contributed by atoms with E-state index in [9.17, 15) is 9.59 Å². The van der Waals surface area contributed by atoms with Crippen LogP contribution in [0.25, 0.3) is 0 Å². The number of rotatable bonds is 8. The van der Waals surface area contributed by atoms with E-state index in [0.29, 0.717) is 0 Å². The van der Waals surface area contributed by atoms with Crippen LogP contribution in [0.1, 0.15) is 62.3 Å². The summed E-state index contributed by atoms with van der Waals surface area (Å²) in [4.78, 5) is 23.8. The van der Waals surface area contributed by atoms with Gasteiger partial charge in [0, 0.05) is 13.8 Å². The molecule has 0 bridgehead atoms. The van der Waals surface area contributed by atoms with Gasteiger partial charge in [0.1, 0.15) is 18.3 Å². The summed E-state index contributed by atoms with van der Waals surface area (Å²) in [5.74, 6) is -1.70. The van der Waals surface area contributed by atoms with Crippen molar-refractivity contribution in [3.8, 4) is 0 Å². The minimum atomic E-state index is -2.31. The van der Waals surface area contributed by atoms with E-state index in [0.717, 1.165) is 0 Å². The summed E-state index contributed by atoms with van der Waals surface area (Å²) in [5, 5.41) is -0.0872. The highest BCUT2D eigenvalue weighted by Gasteiger charge is 2.50. The second kappa shape index (κ2) is 9.45. The van der Waals surface area contributed by atoms with E-state index in [2.05, 4.69) is 33.9 Å². The normalized spacial score (nSPS) is 22.8. The van der Waals surface area contributed by atoms with Crippen molar-refractivity contribution in [2.45, 2.75) is 111 Å². The molecule has 1 saturated heterocycles. The maximum Gasteiger partial charge on any atom is 0.303 e. The van der Waals surface area contributed by atoms with Crippen molar-refractivity contribution >= 4 is 20.3 Å². The third-order valence-electron chi connectivity index (χ3n) is 5.54. The molecule has 0 amide bonds. The smallest absolute Gasteiger partial charge is 0.303 e. The van der Waals surface area contributed by atoms with Gasteiger partial charge in [0.15, 0.2) is 20.2 Å². The second-order valence-corrected chi connectivity index (χ2v) is 14.9. The fraction of sp³-hybridized carbons (Fsp3) is 0.905. The van der Waals surface area contributed by atoms with Gasteiger partial charge in [0.25, 0.3) is 0 Å². The van der Waals surface area contributed by atoms with Gasteiger partial charge in [-0.15, -0.1) is 0 Å². The average molecular weight is 433 g/mol. The Morgan fingerprint density at radius 2 is 1.55 bits per heavy atom. The van der Waals surface area contributed by atoms with Crippen molar-refractivity contribution in [3.05, 3.63) is 0 Å². The van der Waals surface area contributed by atoms with Crippen molar-refractivity contribution in [1.82, 2.24) is 0 Å². The zero-order valence-electron chi connectivity index (χ0n) is 20.0. The van der Waals surface area contributed by atoms with E-state index < -0.39 is 50.5 Å². The first-order valence-corrected chi connectivity index (χ1v) is 13.2. The molecule has 4 atom stereocenters. The molecule has 0 spiro atoms. The molecule has 170 valence electrons. The van der Waals surface area contributed by atoms with Crippen LogP contribution in [-0.4, -0.2) is 57.1 Å². The molecule has 29 heavy (non-hydrogen) atoms. The van der Waals surface area contributed by atoms with E-state index in [1.54, 1.807) is 0 Å². The molecule has 0 aromatic heterocycles. The van der Waals surface area contributed by atoms with Crippen LogP contribution in [0.4, 0.5) is 0 Å². The number of carbonyl (C=O) groups is 2. The quantitative estimate of drug-likeness (QED) is 0.423. The van der Waals surface area contributed by atoms with Gasteiger partial charge in [-0.2, -0.15) is 0 Å². The zero-order chi connectivity index (χ0) is 22.8. The molecular formula is C21H40O7Si. The predicted molar refractivity (Wildman–Crippen MR) is 113 cm³/mol.